The lowest BCUT2D eigenvalue weighted by molar-refractivity contribution is -0.137. The van der Waals surface area contributed by atoms with Crippen molar-refractivity contribution in [2.45, 2.75) is 45.4 Å². The van der Waals surface area contributed by atoms with Crippen molar-refractivity contribution in [3.63, 3.8) is 0 Å². The molecule has 0 aliphatic heterocycles. The first-order valence-corrected chi connectivity index (χ1v) is 7.31. The summed E-state index contributed by atoms with van der Waals surface area (Å²) >= 11 is 0. The largest absolute Gasteiger partial charge is 0.491 e. The summed E-state index contributed by atoms with van der Waals surface area (Å²) in [4.78, 5) is 21.4. The zero-order valence-electron chi connectivity index (χ0n) is 12.4. The molecule has 2 N–H and O–H groups in total. The Hall–Kier alpha value is -2.04. The Balaban J connectivity index is 2.18. The fraction of sp³-hybridized carbons (Fsp3) is 0.500. The van der Waals surface area contributed by atoms with Crippen LogP contribution in [0.25, 0.3) is 0 Å². The summed E-state index contributed by atoms with van der Waals surface area (Å²) in [7, 11) is 0. The van der Waals surface area contributed by atoms with Gasteiger partial charge in [-0.3, -0.25) is 9.59 Å². The van der Waals surface area contributed by atoms with Crippen LogP contribution in [0.1, 0.15) is 45.4 Å². The first-order chi connectivity index (χ1) is 10.1. The summed E-state index contributed by atoms with van der Waals surface area (Å²) in [5, 5.41) is 11.3. The van der Waals surface area contributed by atoms with E-state index in [4.69, 9.17) is 9.84 Å². The second-order valence-electron chi connectivity index (χ2n) is 4.94. The van der Waals surface area contributed by atoms with Gasteiger partial charge in [-0.15, -0.1) is 0 Å². The maximum absolute atomic E-state index is 11.1. The summed E-state index contributed by atoms with van der Waals surface area (Å²) in [6.07, 6.45) is 4.88. The van der Waals surface area contributed by atoms with Crippen LogP contribution in [0.3, 0.4) is 0 Å². The number of rotatable bonds is 10. The zero-order valence-corrected chi connectivity index (χ0v) is 12.4. The van der Waals surface area contributed by atoms with Gasteiger partial charge in [-0.05, 0) is 25.0 Å². The summed E-state index contributed by atoms with van der Waals surface area (Å²) < 4.78 is 5.67. The van der Waals surface area contributed by atoms with E-state index >= 15 is 0 Å². The molecule has 0 unspecified atom stereocenters. The summed E-state index contributed by atoms with van der Waals surface area (Å²) in [5.41, 5.74) is 0.687. The Morgan fingerprint density at radius 1 is 1.10 bits per heavy atom. The lowest BCUT2D eigenvalue weighted by Crippen LogP contribution is -2.08. The van der Waals surface area contributed by atoms with Crippen molar-refractivity contribution >= 4 is 17.6 Å². The van der Waals surface area contributed by atoms with Gasteiger partial charge in [0.25, 0.3) is 0 Å². The van der Waals surface area contributed by atoms with E-state index in [1.54, 1.807) is 0 Å². The number of anilines is 1. The van der Waals surface area contributed by atoms with E-state index < -0.39 is 5.97 Å². The molecular formula is C16H23NO4. The SMILES string of the molecule is CC(=O)Nc1ccccc1OCCCCCCCC(=O)O. The minimum atomic E-state index is -0.729. The molecule has 0 heterocycles. The minimum absolute atomic E-state index is 0.121. The number of hydrogen-bond acceptors (Lipinski definition) is 3. The van der Waals surface area contributed by atoms with Crippen LogP contribution in [-0.4, -0.2) is 23.6 Å². The quantitative estimate of drug-likeness (QED) is 0.648. The highest BCUT2D eigenvalue weighted by molar-refractivity contribution is 5.90. The zero-order chi connectivity index (χ0) is 15.5. The van der Waals surface area contributed by atoms with Gasteiger partial charge in [-0.1, -0.05) is 31.4 Å². The normalized spacial score (nSPS) is 10.1. The average Bonchev–Trinajstić information content (AvgIpc) is 2.42. The first kappa shape index (κ1) is 17.0. The van der Waals surface area contributed by atoms with Crippen molar-refractivity contribution in [2.24, 2.45) is 0 Å². The molecule has 0 aromatic heterocycles. The summed E-state index contributed by atoms with van der Waals surface area (Å²) in [5.74, 6) is -0.170. The molecule has 1 amide bonds. The minimum Gasteiger partial charge on any atom is -0.491 e. The molecule has 0 spiro atoms. The molecule has 1 aromatic rings. The second kappa shape index (κ2) is 9.80. The maximum atomic E-state index is 11.1. The van der Waals surface area contributed by atoms with Crippen LogP contribution in [0.15, 0.2) is 24.3 Å². The number of unbranched alkanes of at least 4 members (excludes halogenated alkanes) is 4. The van der Waals surface area contributed by atoms with Gasteiger partial charge in [0.2, 0.25) is 5.91 Å². The molecule has 0 saturated heterocycles. The maximum Gasteiger partial charge on any atom is 0.303 e. The van der Waals surface area contributed by atoms with Crippen molar-refractivity contribution in [2.75, 3.05) is 11.9 Å². The number of aliphatic carboxylic acids is 1. The van der Waals surface area contributed by atoms with Gasteiger partial charge < -0.3 is 15.2 Å². The Bertz CT molecular complexity index is 459. The number of benzene rings is 1. The van der Waals surface area contributed by atoms with Crippen LogP contribution in [-0.2, 0) is 9.59 Å². The molecule has 5 nitrogen and oxygen atoms in total. The molecule has 0 saturated carbocycles. The number of carboxylic acids is 1. The predicted octanol–water partition coefficient (Wildman–Crippen LogP) is 3.45. The van der Waals surface area contributed by atoms with Gasteiger partial charge in [0.05, 0.1) is 12.3 Å². The summed E-state index contributed by atoms with van der Waals surface area (Å²) in [6.45, 7) is 2.06. The molecule has 0 fully saturated rings. The number of para-hydroxylation sites is 2. The molecule has 1 aromatic carbocycles. The van der Waals surface area contributed by atoms with Gasteiger partial charge in [0.1, 0.15) is 5.75 Å². The van der Waals surface area contributed by atoms with E-state index in [1.807, 2.05) is 24.3 Å². The summed E-state index contributed by atoms with van der Waals surface area (Å²) in [6, 6.07) is 7.36. The van der Waals surface area contributed by atoms with Crippen LogP contribution in [0.4, 0.5) is 5.69 Å². The van der Waals surface area contributed by atoms with Gasteiger partial charge in [0, 0.05) is 13.3 Å². The lowest BCUT2D eigenvalue weighted by atomic mass is 10.1. The van der Waals surface area contributed by atoms with E-state index in [2.05, 4.69) is 5.32 Å². The van der Waals surface area contributed by atoms with Crippen molar-refractivity contribution in [1.82, 2.24) is 0 Å². The molecule has 5 heteroatoms. The number of carbonyl (C=O) groups excluding carboxylic acids is 1. The number of amides is 1. The second-order valence-corrected chi connectivity index (χ2v) is 4.94. The Morgan fingerprint density at radius 2 is 1.76 bits per heavy atom. The molecule has 0 radical (unpaired) electrons. The lowest BCUT2D eigenvalue weighted by Gasteiger charge is -2.11. The van der Waals surface area contributed by atoms with Crippen LogP contribution < -0.4 is 10.1 Å². The third-order valence-corrected chi connectivity index (χ3v) is 2.99. The van der Waals surface area contributed by atoms with E-state index in [1.165, 1.54) is 6.92 Å². The highest BCUT2D eigenvalue weighted by atomic mass is 16.5. The van der Waals surface area contributed by atoms with Gasteiger partial charge in [0.15, 0.2) is 0 Å². The predicted molar refractivity (Wildman–Crippen MR) is 81.6 cm³/mol. The fourth-order valence-corrected chi connectivity index (χ4v) is 1.98. The molecule has 116 valence electrons. The number of hydrogen-bond donors (Lipinski definition) is 2. The molecule has 0 aliphatic rings. The number of nitrogens with one attached hydrogen (secondary N) is 1. The number of ether oxygens (including phenoxy) is 1. The standard InChI is InChI=1S/C16H23NO4/c1-13(18)17-14-9-6-7-10-15(14)21-12-8-4-2-3-5-11-16(19)20/h6-7,9-10H,2-5,8,11-12H2,1H3,(H,17,18)(H,19,20). The van der Waals surface area contributed by atoms with Crippen LogP contribution in [0.2, 0.25) is 0 Å². The highest BCUT2D eigenvalue weighted by Crippen LogP contribution is 2.23. The Labute approximate surface area is 125 Å². The molecule has 0 aliphatic carbocycles. The smallest absolute Gasteiger partial charge is 0.303 e. The third kappa shape index (κ3) is 7.97. The average molecular weight is 293 g/mol. The topological polar surface area (TPSA) is 75.6 Å². The van der Waals surface area contributed by atoms with Crippen molar-refractivity contribution < 1.29 is 19.4 Å². The van der Waals surface area contributed by atoms with Crippen LogP contribution in [0.5, 0.6) is 5.75 Å². The van der Waals surface area contributed by atoms with Crippen molar-refractivity contribution in [1.29, 1.82) is 0 Å². The van der Waals surface area contributed by atoms with E-state index in [0.717, 1.165) is 32.1 Å². The number of carbonyl (C=O) groups is 2. The molecule has 21 heavy (non-hydrogen) atoms. The molecule has 0 bridgehead atoms. The third-order valence-electron chi connectivity index (χ3n) is 2.99. The Morgan fingerprint density at radius 3 is 2.48 bits per heavy atom. The van der Waals surface area contributed by atoms with Gasteiger partial charge in [-0.2, -0.15) is 0 Å². The molecular weight excluding hydrogens is 270 g/mol. The van der Waals surface area contributed by atoms with Crippen LogP contribution >= 0.6 is 0 Å². The van der Waals surface area contributed by atoms with E-state index in [9.17, 15) is 9.59 Å². The van der Waals surface area contributed by atoms with Crippen molar-refractivity contribution in [3.8, 4) is 5.75 Å². The molecule has 1 rings (SSSR count). The van der Waals surface area contributed by atoms with Crippen molar-refractivity contribution in [3.05, 3.63) is 24.3 Å². The van der Waals surface area contributed by atoms with E-state index in [0.29, 0.717) is 18.0 Å². The van der Waals surface area contributed by atoms with Gasteiger partial charge in [-0.25, -0.2) is 0 Å². The monoisotopic (exact) mass is 293 g/mol. The molecule has 0 atom stereocenters. The highest BCUT2D eigenvalue weighted by Gasteiger charge is 2.04. The number of carboxylic acid groups (broad SMARTS) is 1. The van der Waals surface area contributed by atoms with Gasteiger partial charge >= 0.3 is 5.97 Å². The van der Waals surface area contributed by atoms with E-state index in [-0.39, 0.29) is 12.3 Å². The Kier molecular flexibility index (Phi) is 7.94. The fourth-order valence-electron chi connectivity index (χ4n) is 1.98. The first-order valence-electron chi connectivity index (χ1n) is 7.31. The van der Waals surface area contributed by atoms with Crippen LogP contribution in [0, 0.1) is 0 Å².